The van der Waals surface area contributed by atoms with Crippen LogP contribution in [0.4, 0.5) is 24.0 Å². The minimum Gasteiger partial charge on any atom is -0.492 e. The van der Waals surface area contributed by atoms with Gasteiger partial charge in [-0.2, -0.15) is 18.2 Å². The van der Waals surface area contributed by atoms with Crippen molar-refractivity contribution in [2.75, 3.05) is 38.3 Å². The van der Waals surface area contributed by atoms with Gasteiger partial charge in [0.15, 0.2) is 5.58 Å². The van der Waals surface area contributed by atoms with Gasteiger partial charge in [0, 0.05) is 13.5 Å². The predicted octanol–water partition coefficient (Wildman–Crippen LogP) is 5.42. The van der Waals surface area contributed by atoms with Gasteiger partial charge in [-0.1, -0.05) is 54.6 Å². The number of carbonyl (C=O) groups is 2. The van der Waals surface area contributed by atoms with E-state index >= 15 is 0 Å². The van der Waals surface area contributed by atoms with Crippen molar-refractivity contribution in [1.82, 2.24) is 9.88 Å². The van der Waals surface area contributed by atoms with Crippen molar-refractivity contribution in [3.63, 3.8) is 0 Å². The van der Waals surface area contributed by atoms with Crippen LogP contribution >= 0.6 is 0 Å². The number of nitrogens with zero attached hydrogens (tertiary/aromatic N) is 3. The summed E-state index contributed by atoms with van der Waals surface area (Å²) >= 11 is 0. The van der Waals surface area contributed by atoms with Gasteiger partial charge in [0.1, 0.15) is 37.2 Å². The summed E-state index contributed by atoms with van der Waals surface area (Å²) in [4.78, 5) is 33.0. The molecule has 0 saturated carbocycles. The Kier molecular flexibility index (Phi) is 9.15. The quantitative estimate of drug-likeness (QED) is 0.214. The van der Waals surface area contributed by atoms with Crippen LogP contribution in [0.2, 0.25) is 0 Å². The second-order valence-corrected chi connectivity index (χ2v) is 10.1. The molecule has 2 amide bonds. The highest BCUT2D eigenvalue weighted by Gasteiger charge is 2.42. The lowest BCUT2D eigenvalue weighted by molar-refractivity contribution is -0.189. The number of cyclic esters (lactones) is 1. The SMILES string of the molecule is CN(CCOc1ccc(C[C@H](OCC(F)(F)F)C(=O)N2C(=O)OC[C@@H]2Cc2ccccc2)cc1)c1nc2ccccc2o1. The Morgan fingerprint density at radius 3 is 2.49 bits per heavy atom. The molecule has 0 unspecified atom stereocenters. The van der Waals surface area contributed by atoms with Crippen molar-refractivity contribution in [1.29, 1.82) is 0 Å². The van der Waals surface area contributed by atoms with Gasteiger partial charge < -0.3 is 23.5 Å². The van der Waals surface area contributed by atoms with Crippen molar-refractivity contribution in [3.05, 3.63) is 90.0 Å². The lowest BCUT2D eigenvalue weighted by Crippen LogP contribution is -2.47. The Bertz CT molecular complexity index is 1490. The van der Waals surface area contributed by atoms with Gasteiger partial charge in [0.25, 0.3) is 11.9 Å². The molecule has 9 nitrogen and oxygen atoms in total. The summed E-state index contributed by atoms with van der Waals surface area (Å²) in [5.41, 5.74) is 2.83. The summed E-state index contributed by atoms with van der Waals surface area (Å²) in [5.74, 6) is -0.352. The third-order valence-corrected chi connectivity index (χ3v) is 6.89. The van der Waals surface area contributed by atoms with Crippen molar-refractivity contribution in [3.8, 4) is 5.75 Å². The largest absolute Gasteiger partial charge is 0.492 e. The molecule has 3 aromatic carbocycles. The molecule has 1 fully saturated rings. The molecule has 226 valence electrons. The number of likely N-dealkylation sites (N-methyl/N-ethyl adjacent to an activating group) is 1. The van der Waals surface area contributed by atoms with E-state index in [9.17, 15) is 22.8 Å². The molecule has 0 spiro atoms. The number of para-hydroxylation sites is 2. The van der Waals surface area contributed by atoms with E-state index in [1.165, 1.54) is 0 Å². The molecule has 12 heteroatoms. The van der Waals surface area contributed by atoms with Crippen LogP contribution in [0.5, 0.6) is 5.75 Å². The lowest BCUT2D eigenvalue weighted by atomic mass is 10.0. The maximum Gasteiger partial charge on any atom is 0.417 e. The minimum atomic E-state index is -4.66. The molecule has 43 heavy (non-hydrogen) atoms. The van der Waals surface area contributed by atoms with Crippen LogP contribution in [-0.2, 0) is 27.1 Å². The van der Waals surface area contributed by atoms with Crippen LogP contribution in [-0.4, -0.2) is 73.6 Å². The number of benzene rings is 3. The van der Waals surface area contributed by atoms with Gasteiger partial charge in [-0.15, -0.1) is 0 Å². The molecule has 1 aliphatic heterocycles. The molecule has 1 aromatic heterocycles. The van der Waals surface area contributed by atoms with E-state index in [1.807, 2.05) is 66.5 Å². The Morgan fingerprint density at radius 1 is 1.05 bits per heavy atom. The number of alkyl halides is 3. The summed E-state index contributed by atoms with van der Waals surface area (Å²) in [6.07, 6.45) is -6.99. The summed E-state index contributed by atoms with van der Waals surface area (Å²) in [7, 11) is 1.83. The fraction of sp³-hybridized carbons (Fsp3) is 0.323. The predicted molar refractivity (Wildman–Crippen MR) is 151 cm³/mol. The topological polar surface area (TPSA) is 94.3 Å². The third kappa shape index (κ3) is 7.83. The number of rotatable bonds is 12. The lowest BCUT2D eigenvalue weighted by Gasteiger charge is -2.25. The summed E-state index contributed by atoms with van der Waals surface area (Å²) < 4.78 is 60.8. The van der Waals surface area contributed by atoms with E-state index in [0.29, 0.717) is 42.5 Å². The Morgan fingerprint density at radius 2 is 1.77 bits per heavy atom. The highest BCUT2D eigenvalue weighted by atomic mass is 19.4. The molecule has 2 atom stereocenters. The average molecular weight is 598 g/mol. The average Bonchev–Trinajstić information content (AvgIpc) is 3.59. The standard InChI is InChI=1S/C31H30F3N3O6/c1-36(29-35-25-9-5-6-10-26(25)43-29)15-16-40-24-13-11-22(12-14-24)18-27(42-20-31(32,33)34)28(38)37-23(19-41-30(37)39)17-21-7-3-2-4-8-21/h2-14,23,27H,15-20H2,1H3/t23-,27-/m0/s1. The summed E-state index contributed by atoms with van der Waals surface area (Å²) in [6, 6.07) is 23.0. The number of halogens is 3. The number of aromatic nitrogens is 1. The molecule has 0 N–H and O–H groups in total. The molecular weight excluding hydrogens is 567 g/mol. The van der Waals surface area contributed by atoms with Gasteiger partial charge in [-0.3, -0.25) is 4.79 Å². The highest BCUT2D eigenvalue weighted by Crippen LogP contribution is 2.24. The maximum atomic E-state index is 13.4. The van der Waals surface area contributed by atoms with E-state index in [-0.39, 0.29) is 13.0 Å². The first-order valence-electron chi connectivity index (χ1n) is 13.7. The Labute approximate surface area is 245 Å². The van der Waals surface area contributed by atoms with Crippen LogP contribution in [0.25, 0.3) is 11.1 Å². The normalized spacial score (nSPS) is 15.9. The second-order valence-electron chi connectivity index (χ2n) is 10.1. The van der Waals surface area contributed by atoms with Crippen LogP contribution in [0, 0.1) is 0 Å². The van der Waals surface area contributed by atoms with Crippen LogP contribution < -0.4 is 9.64 Å². The number of imide groups is 1. The molecule has 2 heterocycles. The zero-order valence-corrected chi connectivity index (χ0v) is 23.3. The second kappa shape index (κ2) is 13.2. The number of carbonyl (C=O) groups excluding carboxylic acids is 2. The van der Waals surface area contributed by atoms with Crippen molar-refractivity contribution < 1.29 is 41.4 Å². The molecule has 0 radical (unpaired) electrons. The summed E-state index contributed by atoms with van der Waals surface area (Å²) in [6.45, 7) is -0.902. The Balaban J connectivity index is 1.20. The molecule has 5 rings (SSSR count). The van der Waals surface area contributed by atoms with Crippen molar-refractivity contribution in [2.45, 2.75) is 31.2 Å². The first-order chi connectivity index (χ1) is 20.7. The van der Waals surface area contributed by atoms with Gasteiger partial charge >= 0.3 is 12.3 Å². The zero-order chi connectivity index (χ0) is 30.4. The smallest absolute Gasteiger partial charge is 0.417 e. The number of fused-ring (bicyclic) bond motifs is 1. The number of ether oxygens (including phenoxy) is 3. The Hall–Kier alpha value is -4.58. The first-order valence-corrected chi connectivity index (χ1v) is 13.7. The van der Waals surface area contributed by atoms with Crippen LogP contribution in [0.1, 0.15) is 11.1 Å². The monoisotopic (exact) mass is 597 g/mol. The van der Waals surface area contributed by atoms with Gasteiger partial charge in [-0.05, 0) is 41.8 Å². The fourth-order valence-corrected chi connectivity index (χ4v) is 4.69. The van der Waals surface area contributed by atoms with Crippen molar-refractivity contribution >= 4 is 29.1 Å². The van der Waals surface area contributed by atoms with Crippen molar-refractivity contribution in [2.24, 2.45) is 0 Å². The first kappa shape index (κ1) is 29.9. The number of oxazole rings is 1. The third-order valence-electron chi connectivity index (χ3n) is 6.89. The van der Waals surface area contributed by atoms with E-state index in [2.05, 4.69) is 4.98 Å². The molecule has 1 saturated heterocycles. The zero-order valence-electron chi connectivity index (χ0n) is 23.3. The van der Waals surface area contributed by atoms with E-state index in [4.69, 9.17) is 18.6 Å². The molecular formula is C31H30F3N3O6. The van der Waals surface area contributed by atoms with Gasteiger partial charge in [0.2, 0.25) is 0 Å². The molecule has 0 bridgehead atoms. The minimum absolute atomic E-state index is 0.0565. The van der Waals surface area contributed by atoms with E-state index in [0.717, 1.165) is 16.0 Å². The fourth-order valence-electron chi connectivity index (χ4n) is 4.69. The van der Waals surface area contributed by atoms with Gasteiger partial charge in [0.05, 0.1) is 12.6 Å². The summed E-state index contributed by atoms with van der Waals surface area (Å²) in [5, 5.41) is 0. The molecule has 1 aliphatic rings. The number of amides is 2. The number of hydrogen-bond donors (Lipinski definition) is 0. The molecule has 0 aliphatic carbocycles. The highest BCUT2D eigenvalue weighted by molar-refractivity contribution is 5.96. The van der Waals surface area contributed by atoms with Gasteiger partial charge in [-0.25, -0.2) is 9.69 Å². The van der Waals surface area contributed by atoms with E-state index in [1.54, 1.807) is 24.3 Å². The van der Waals surface area contributed by atoms with E-state index < -0.39 is 36.9 Å². The number of anilines is 1. The van der Waals surface area contributed by atoms with Crippen LogP contribution in [0.15, 0.2) is 83.3 Å². The number of hydrogen-bond acceptors (Lipinski definition) is 8. The van der Waals surface area contributed by atoms with Crippen LogP contribution in [0.3, 0.4) is 0 Å². The molecule has 4 aromatic rings. The maximum absolute atomic E-state index is 13.4.